The molecule has 0 aromatic heterocycles. The zero-order chi connectivity index (χ0) is 29.7. The summed E-state index contributed by atoms with van der Waals surface area (Å²) in [5.41, 5.74) is -2.33. The van der Waals surface area contributed by atoms with Crippen LogP contribution >= 0.6 is 0 Å². The van der Waals surface area contributed by atoms with E-state index in [0.717, 1.165) is 37.7 Å². The first-order chi connectivity index (χ1) is 18.5. The fraction of sp³-hybridized carbons (Fsp3) is 0.758. The minimum atomic E-state index is -1.38. The fourth-order valence-electron chi connectivity index (χ4n) is 10.6. The Hall–Kier alpha value is -2.62. The first kappa shape index (κ1) is 28.9. The highest BCUT2D eigenvalue weighted by atomic mass is 16.5. The molecule has 3 saturated carbocycles. The molecule has 3 fully saturated rings. The SMILES string of the molecule is COC(=O)[C@]12CCC(C)(C)C[C@H]1[C@H]1C(=O)C=C3[C@@]4(C)CC(C#N)=C(O)[C@@](C)(C(=O)OC)[C@@H]4CC[C@@]3(C)[C@]1(C)CC2. The normalized spacial score (nSPS) is 45.5. The van der Waals surface area contributed by atoms with E-state index in [2.05, 4.69) is 40.7 Å². The first-order valence-corrected chi connectivity index (χ1v) is 14.8. The number of carbonyl (C=O) groups excluding carboxylic acids is 3. The number of hydrogen-bond donors (Lipinski definition) is 1. The number of carbonyl (C=O) groups is 3. The van der Waals surface area contributed by atoms with Crippen LogP contribution in [0.4, 0.5) is 0 Å². The van der Waals surface area contributed by atoms with Gasteiger partial charge < -0.3 is 14.6 Å². The molecule has 5 aliphatic carbocycles. The number of esters is 2. The van der Waals surface area contributed by atoms with Gasteiger partial charge in [0.25, 0.3) is 0 Å². The molecular formula is C33H45NO6. The molecule has 7 heteroatoms. The Morgan fingerprint density at radius 3 is 2.20 bits per heavy atom. The van der Waals surface area contributed by atoms with Crippen LogP contribution in [0.5, 0.6) is 0 Å². The van der Waals surface area contributed by atoms with Gasteiger partial charge in [0.1, 0.15) is 11.2 Å². The molecule has 0 saturated heterocycles. The summed E-state index contributed by atoms with van der Waals surface area (Å²) in [6.45, 7) is 12.7. The Labute approximate surface area is 238 Å². The Morgan fingerprint density at radius 2 is 1.60 bits per heavy atom. The molecule has 218 valence electrons. The number of aliphatic hydroxyl groups excluding tert-OH is 1. The highest BCUT2D eigenvalue weighted by Crippen LogP contribution is 2.75. The molecule has 0 unspecified atom stereocenters. The van der Waals surface area contributed by atoms with E-state index >= 15 is 0 Å². The quantitative estimate of drug-likeness (QED) is 0.404. The minimum Gasteiger partial charge on any atom is -0.510 e. The summed E-state index contributed by atoms with van der Waals surface area (Å²) < 4.78 is 10.6. The maximum absolute atomic E-state index is 14.5. The molecule has 0 aromatic rings. The lowest BCUT2D eigenvalue weighted by Gasteiger charge is -2.69. The third-order valence-corrected chi connectivity index (χ3v) is 13.0. The molecule has 40 heavy (non-hydrogen) atoms. The summed E-state index contributed by atoms with van der Waals surface area (Å²) in [7, 11) is 2.77. The van der Waals surface area contributed by atoms with Crippen LogP contribution < -0.4 is 0 Å². The van der Waals surface area contributed by atoms with Crippen LogP contribution in [0.25, 0.3) is 0 Å². The van der Waals surface area contributed by atoms with Crippen molar-refractivity contribution < 1.29 is 29.0 Å². The highest BCUT2D eigenvalue weighted by molar-refractivity contribution is 5.96. The number of ether oxygens (including phenoxy) is 2. The predicted octanol–water partition coefficient (Wildman–Crippen LogP) is 6.24. The third kappa shape index (κ3) is 3.31. The molecule has 5 aliphatic rings. The number of nitrogens with zero attached hydrogens (tertiary/aromatic N) is 1. The van der Waals surface area contributed by atoms with Crippen LogP contribution in [0.3, 0.4) is 0 Å². The van der Waals surface area contributed by atoms with E-state index in [0.29, 0.717) is 12.8 Å². The Kier molecular flexibility index (Phi) is 6.28. The van der Waals surface area contributed by atoms with Crippen LogP contribution in [0.15, 0.2) is 23.0 Å². The molecule has 0 spiro atoms. The Balaban J connectivity index is 1.70. The molecule has 0 heterocycles. The lowest BCUT2D eigenvalue weighted by Crippen LogP contribution is -2.66. The first-order valence-electron chi connectivity index (χ1n) is 14.8. The molecule has 5 rings (SSSR count). The van der Waals surface area contributed by atoms with Gasteiger partial charge >= 0.3 is 11.9 Å². The van der Waals surface area contributed by atoms with Crippen molar-refractivity contribution in [2.45, 2.75) is 92.9 Å². The van der Waals surface area contributed by atoms with E-state index in [1.54, 1.807) is 6.92 Å². The Morgan fingerprint density at radius 1 is 0.975 bits per heavy atom. The van der Waals surface area contributed by atoms with E-state index in [1.165, 1.54) is 14.2 Å². The fourth-order valence-corrected chi connectivity index (χ4v) is 10.6. The van der Waals surface area contributed by atoms with E-state index in [-0.39, 0.29) is 58.1 Å². The summed E-state index contributed by atoms with van der Waals surface area (Å²) in [6, 6.07) is 2.16. The van der Waals surface area contributed by atoms with Crippen molar-refractivity contribution in [3.05, 3.63) is 23.0 Å². The number of aliphatic hydroxyl groups is 1. The largest absolute Gasteiger partial charge is 0.510 e. The van der Waals surface area contributed by atoms with E-state index in [1.807, 2.05) is 6.08 Å². The van der Waals surface area contributed by atoms with Gasteiger partial charge in [0.15, 0.2) is 5.78 Å². The van der Waals surface area contributed by atoms with E-state index in [4.69, 9.17) is 9.47 Å². The van der Waals surface area contributed by atoms with Gasteiger partial charge in [-0.25, -0.2) is 0 Å². The number of ketones is 1. The summed E-state index contributed by atoms with van der Waals surface area (Å²) >= 11 is 0. The average molecular weight is 552 g/mol. The smallest absolute Gasteiger partial charge is 0.319 e. The molecule has 1 N–H and O–H groups in total. The number of fused-ring (bicyclic) bond motifs is 7. The molecule has 0 bridgehead atoms. The zero-order valence-electron chi connectivity index (χ0n) is 25.4. The summed E-state index contributed by atoms with van der Waals surface area (Å²) in [6.07, 6.45) is 7.34. The van der Waals surface area contributed by atoms with Crippen molar-refractivity contribution in [2.24, 2.45) is 50.2 Å². The van der Waals surface area contributed by atoms with Crippen molar-refractivity contribution in [3.63, 3.8) is 0 Å². The van der Waals surface area contributed by atoms with Gasteiger partial charge in [-0.2, -0.15) is 5.26 Å². The van der Waals surface area contributed by atoms with Gasteiger partial charge in [-0.15, -0.1) is 0 Å². The van der Waals surface area contributed by atoms with Gasteiger partial charge in [-0.3, -0.25) is 14.4 Å². The van der Waals surface area contributed by atoms with Gasteiger partial charge in [-0.05, 0) is 97.9 Å². The molecular weight excluding hydrogens is 506 g/mol. The second-order valence-corrected chi connectivity index (χ2v) is 15.1. The second kappa shape index (κ2) is 8.69. The lowest BCUT2D eigenvalue weighted by atomic mass is 9.34. The molecule has 0 aromatic carbocycles. The van der Waals surface area contributed by atoms with Crippen LogP contribution in [-0.2, 0) is 23.9 Å². The van der Waals surface area contributed by atoms with Crippen molar-refractivity contribution in [1.82, 2.24) is 0 Å². The van der Waals surface area contributed by atoms with Crippen LogP contribution in [0.1, 0.15) is 92.9 Å². The van der Waals surface area contributed by atoms with E-state index < -0.39 is 27.6 Å². The van der Waals surface area contributed by atoms with Gasteiger partial charge in [0, 0.05) is 5.92 Å². The van der Waals surface area contributed by atoms with E-state index in [9.17, 15) is 24.8 Å². The topological polar surface area (TPSA) is 114 Å². The van der Waals surface area contributed by atoms with Crippen LogP contribution in [-0.4, -0.2) is 37.0 Å². The van der Waals surface area contributed by atoms with Crippen LogP contribution in [0.2, 0.25) is 0 Å². The maximum Gasteiger partial charge on any atom is 0.319 e. The monoisotopic (exact) mass is 551 g/mol. The molecule has 8 atom stereocenters. The van der Waals surface area contributed by atoms with Gasteiger partial charge in [0.2, 0.25) is 0 Å². The Bertz CT molecular complexity index is 1290. The molecule has 7 nitrogen and oxygen atoms in total. The predicted molar refractivity (Wildman–Crippen MR) is 148 cm³/mol. The number of rotatable bonds is 2. The van der Waals surface area contributed by atoms with Crippen molar-refractivity contribution >= 4 is 17.7 Å². The third-order valence-electron chi connectivity index (χ3n) is 13.0. The minimum absolute atomic E-state index is 0.0188. The molecule has 0 radical (unpaired) electrons. The number of methoxy groups -OCH3 is 2. The zero-order valence-corrected chi connectivity index (χ0v) is 25.4. The van der Waals surface area contributed by atoms with Gasteiger partial charge in [0.05, 0.1) is 31.3 Å². The summed E-state index contributed by atoms with van der Waals surface area (Å²) in [5.74, 6) is -1.66. The number of nitriles is 1. The van der Waals surface area contributed by atoms with Crippen molar-refractivity contribution in [2.75, 3.05) is 14.2 Å². The highest BCUT2D eigenvalue weighted by Gasteiger charge is 2.72. The number of hydrogen-bond acceptors (Lipinski definition) is 7. The number of allylic oxidation sites excluding steroid dienone is 3. The van der Waals surface area contributed by atoms with Crippen molar-refractivity contribution in [1.29, 1.82) is 5.26 Å². The van der Waals surface area contributed by atoms with Gasteiger partial charge in [-0.1, -0.05) is 40.2 Å². The molecule has 0 aliphatic heterocycles. The second-order valence-electron chi connectivity index (χ2n) is 15.1. The van der Waals surface area contributed by atoms with Crippen LogP contribution in [0, 0.1) is 61.6 Å². The summed E-state index contributed by atoms with van der Waals surface area (Å²) in [5, 5.41) is 21.2. The lowest BCUT2D eigenvalue weighted by molar-refractivity contribution is -0.192. The standard InChI is InChI=1S/C33H45NO6/c1-28(2)11-13-33(27(38)40-8)14-12-31(5)24(20(33)17-28)21(35)15-23-29(3)16-19(18-34)25(36)32(6,26(37)39-7)22(29)9-10-30(23,31)4/h15,20,22,24,36H,9-14,16-17H2,1-8H3/t20-,22+,24-,29-,30+,31+,32-,33-/m0/s1. The average Bonchev–Trinajstić information content (AvgIpc) is 2.90. The maximum atomic E-state index is 14.5. The van der Waals surface area contributed by atoms with Crippen molar-refractivity contribution in [3.8, 4) is 6.07 Å². The summed E-state index contributed by atoms with van der Waals surface area (Å²) in [4.78, 5) is 41.2. The molecule has 0 amide bonds.